The molecule has 1 N–H and O–H groups in total. The quantitative estimate of drug-likeness (QED) is 0.439. The first-order valence-electron chi connectivity index (χ1n) is 8.50. The molecule has 0 saturated heterocycles. The summed E-state index contributed by atoms with van der Waals surface area (Å²) >= 11 is 2.26. The van der Waals surface area contributed by atoms with Crippen LogP contribution in [0.25, 0.3) is 16.6 Å². The zero-order valence-corrected chi connectivity index (χ0v) is 17.1. The molecule has 4 aromatic rings. The molecular formula is C20H16IN5O2. The van der Waals surface area contributed by atoms with Crippen molar-refractivity contribution >= 4 is 39.4 Å². The third-order valence-corrected chi connectivity index (χ3v) is 4.99. The molecule has 7 nitrogen and oxygen atoms in total. The van der Waals surface area contributed by atoms with E-state index in [1.54, 1.807) is 42.6 Å². The molecule has 3 heterocycles. The lowest BCUT2D eigenvalue weighted by molar-refractivity contribution is 0.0952. The number of hydrogen-bond acceptors (Lipinski definition) is 5. The van der Waals surface area contributed by atoms with E-state index in [4.69, 9.17) is 4.74 Å². The van der Waals surface area contributed by atoms with Gasteiger partial charge in [0.15, 0.2) is 0 Å². The summed E-state index contributed by atoms with van der Waals surface area (Å²) in [7, 11) is 1.56. The number of nitrogens with zero attached hydrogens (tertiary/aromatic N) is 4. The van der Waals surface area contributed by atoms with Gasteiger partial charge in [0.1, 0.15) is 0 Å². The number of aromatic nitrogens is 4. The standard InChI is InChI=1S/C20H16IN5O2/c1-28-19-8-13(6-7-23-19)9-24-20(27)17-10-22-12-18-16(17)11-25-26(18)15-4-2-14(21)3-5-15/h2-8,10-12H,9H2,1H3,(H,24,27). The van der Waals surface area contributed by atoms with Gasteiger partial charge in [-0.2, -0.15) is 5.10 Å². The normalized spacial score (nSPS) is 10.8. The van der Waals surface area contributed by atoms with Crippen LogP contribution in [0, 0.1) is 3.57 Å². The zero-order valence-electron chi connectivity index (χ0n) is 15.0. The maximum absolute atomic E-state index is 12.7. The fraction of sp³-hybridized carbons (Fsp3) is 0.100. The molecule has 1 aromatic carbocycles. The molecule has 8 heteroatoms. The van der Waals surface area contributed by atoms with Gasteiger partial charge < -0.3 is 10.1 Å². The number of rotatable bonds is 5. The summed E-state index contributed by atoms with van der Waals surface area (Å²) in [6.07, 6.45) is 6.61. The van der Waals surface area contributed by atoms with Crippen molar-refractivity contribution in [3.63, 3.8) is 0 Å². The lowest BCUT2D eigenvalue weighted by Crippen LogP contribution is -2.23. The number of methoxy groups -OCH3 is 1. The van der Waals surface area contributed by atoms with Gasteiger partial charge in [-0.25, -0.2) is 9.67 Å². The zero-order chi connectivity index (χ0) is 19.5. The van der Waals surface area contributed by atoms with Gasteiger partial charge in [-0.3, -0.25) is 9.78 Å². The average molecular weight is 485 g/mol. The molecular weight excluding hydrogens is 469 g/mol. The third kappa shape index (κ3) is 3.68. The monoisotopic (exact) mass is 485 g/mol. The van der Waals surface area contributed by atoms with Crippen LogP contribution in [0.5, 0.6) is 5.88 Å². The summed E-state index contributed by atoms with van der Waals surface area (Å²) in [6, 6.07) is 11.6. The molecule has 0 bridgehead atoms. The maximum Gasteiger partial charge on any atom is 0.253 e. The highest BCUT2D eigenvalue weighted by Gasteiger charge is 2.15. The number of halogens is 1. The molecule has 0 unspecified atom stereocenters. The number of hydrogen-bond donors (Lipinski definition) is 1. The van der Waals surface area contributed by atoms with Crippen molar-refractivity contribution in [3.05, 3.63) is 75.9 Å². The second kappa shape index (κ2) is 7.93. The summed E-state index contributed by atoms with van der Waals surface area (Å²) in [6.45, 7) is 0.360. The lowest BCUT2D eigenvalue weighted by atomic mass is 10.1. The summed E-state index contributed by atoms with van der Waals surface area (Å²) in [4.78, 5) is 21.0. The number of carbonyl (C=O) groups is 1. The molecule has 0 saturated carbocycles. The van der Waals surface area contributed by atoms with Crippen LogP contribution < -0.4 is 10.1 Å². The van der Waals surface area contributed by atoms with E-state index >= 15 is 0 Å². The minimum atomic E-state index is -0.212. The van der Waals surface area contributed by atoms with Crippen LogP contribution in [-0.4, -0.2) is 32.8 Å². The van der Waals surface area contributed by atoms with E-state index < -0.39 is 0 Å². The lowest BCUT2D eigenvalue weighted by Gasteiger charge is -2.08. The topological polar surface area (TPSA) is 81.9 Å². The van der Waals surface area contributed by atoms with Gasteiger partial charge in [-0.1, -0.05) is 0 Å². The predicted octanol–water partition coefficient (Wildman–Crippen LogP) is 3.36. The predicted molar refractivity (Wildman–Crippen MR) is 114 cm³/mol. The molecule has 4 rings (SSSR count). The molecule has 28 heavy (non-hydrogen) atoms. The number of amides is 1. The minimum Gasteiger partial charge on any atom is -0.481 e. The first-order valence-corrected chi connectivity index (χ1v) is 9.58. The maximum atomic E-state index is 12.7. The van der Waals surface area contributed by atoms with E-state index in [-0.39, 0.29) is 5.91 Å². The van der Waals surface area contributed by atoms with E-state index in [2.05, 4.69) is 43.0 Å². The first kappa shape index (κ1) is 18.4. The molecule has 1 amide bonds. The van der Waals surface area contributed by atoms with Crippen LogP contribution in [0.1, 0.15) is 15.9 Å². The Morgan fingerprint density at radius 2 is 2.00 bits per heavy atom. The second-order valence-electron chi connectivity index (χ2n) is 6.04. The van der Waals surface area contributed by atoms with Gasteiger partial charge in [0, 0.05) is 34.0 Å². The molecule has 0 fully saturated rings. The summed E-state index contributed by atoms with van der Waals surface area (Å²) in [5.74, 6) is 0.297. The number of nitrogens with one attached hydrogen (secondary N) is 1. The van der Waals surface area contributed by atoms with E-state index in [1.807, 2.05) is 30.3 Å². The highest BCUT2D eigenvalue weighted by Crippen LogP contribution is 2.21. The average Bonchev–Trinajstić information content (AvgIpc) is 3.17. The number of pyridine rings is 2. The van der Waals surface area contributed by atoms with Crippen molar-refractivity contribution in [3.8, 4) is 11.6 Å². The second-order valence-corrected chi connectivity index (χ2v) is 7.29. The highest BCUT2D eigenvalue weighted by molar-refractivity contribution is 14.1. The minimum absolute atomic E-state index is 0.212. The van der Waals surface area contributed by atoms with Crippen molar-refractivity contribution in [1.29, 1.82) is 0 Å². The van der Waals surface area contributed by atoms with Gasteiger partial charge in [0.25, 0.3) is 5.91 Å². The number of ether oxygens (including phenoxy) is 1. The van der Waals surface area contributed by atoms with E-state index in [0.717, 1.165) is 25.7 Å². The molecule has 0 aliphatic carbocycles. The number of benzene rings is 1. The first-order chi connectivity index (χ1) is 13.7. The Morgan fingerprint density at radius 1 is 1.18 bits per heavy atom. The Kier molecular flexibility index (Phi) is 5.20. The third-order valence-electron chi connectivity index (χ3n) is 4.27. The van der Waals surface area contributed by atoms with Crippen molar-refractivity contribution in [2.45, 2.75) is 6.54 Å². The fourth-order valence-electron chi connectivity index (χ4n) is 2.86. The van der Waals surface area contributed by atoms with Crippen LogP contribution >= 0.6 is 22.6 Å². The fourth-order valence-corrected chi connectivity index (χ4v) is 3.22. The summed E-state index contributed by atoms with van der Waals surface area (Å²) in [5.41, 5.74) is 3.07. The van der Waals surface area contributed by atoms with Crippen LogP contribution in [-0.2, 0) is 6.54 Å². The Labute approximate surface area is 174 Å². The van der Waals surface area contributed by atoms with E-state index in [9.17, 15) is 4.79 Å². The van der Waals surface area contributed by atoms with Crippen LogP contribution in [0.2, 0.25) is 0 Å². The molecule has 0 atom stereocenters. The van der Waals surface area contributed by atoms with Crippen LogP contribution in [0.15, 0.2) is 61.2 Å². The smallest absolute Gasteiger partial charge is 0.253 e. The van der Waals surface area contributed by atoms with Crippen LogP contribution in [0.3, 0.4) is 0 Å². The van der Waals surface area contributed by atoms with Crippen LogP contribution in [0.4, 0.5) is 0 Å². The Morgan fingerprint density at radius 3 is 2.79 bits per heavy atom. The SMILES string of the molecule is COc1cc(CNC(=O)c2cncc3c2cnn3-c2ccc(I)cc2)ccn1. The summed E-state index contributed by atoms with van der Waals surface area (Å²) < 4.78 is 8.03. The van der Waals surface area contributed by atoms with Gasteiger partial charge in [-0.15, -0.1) is 0 Å². The van der Waals surface area contributed by atoms with Crippen molar-refractivity contribution in [2.24, 2.45) is 0 Å². The van der Waals surface area contributed by atoms with E-state index in [1.165, 1.54) is 0 Å². The van der Waals surface area contributed by atoms with Crippen molar-refractivity contribution < 1.29 is 9.53 Å². The largest absolute Gasteiger partial charge is 0.481 e. The van der Waals surface area contributed by atoms with Gasteiger partial charge in [-0.05, 0) is 58.5 Å². The van der Waals surface area contributed by atoms with E-state index in [0.29, 0.717) is 18.0 Å². The highest BCUT2D eigenvalue weighted by atomic mass is 127. The number of carbonyl (C=O) groups excluding carboxylic acids is 1. The molecule has 140 valence electrons. The van der Waals surface area contributed by atoms with Gasteiger partial charge >= 0.3 is 0 Å². The Balaban J connectivity index is 1.60. The molecule has 0 spiro atoms. The van der Waals surface area contributed by atoms with Gasteiger partial charge in [0.05, 0.1) is 36.3 Å². The number of fused-ring (bicyclic) bond motifs is 1. The summed E-state index contributed by atoms with van der Waals surface area (Å²) in [5, 5.41) is 8.11. The Bertz CT molecular complexity index is 1140. The molecule has 0 aliphatic rings. The molecule has 3 aromatic heterocycles. The van der Waals surface area contributed by atoms with Crippen molar-refractivity contribution in [2.75, 3.05) is 7.11 Å². The Hall–Kier alpha value is -3.01. The van der Waals surface area contributed by atoms with Gasteiger partial charge in [0.2, 0.25) is 5.88 Å². The molecule has 0 aliphatic heterocycles. The van der Waals surface area contributed by atoms with Crippen molar-refractivity contribution in [1.82, 2.24) is 25.1 Å². The molecule has 0 radical (unpaired) electrons.